The van der Waals surface area contributed by atoms with E-state index in [4.69, 9.17) is 0 Å². The van der Waals surface area contributed by atoms with Crippen LogP contribution in [0.15, 0.2) is 70.6 Å². The van der Waals surface area contributed by atoms with Crippen LogP contribution in [0.4, 0.5) is 5.69 Å². The van der Waals surface area contributed by atoms with Gasteiger partial charge in [0.05, 0.1) is 16.7 Å². The van der Waals surface area contributed by atoms with Gasteiger partial charge < -0.3 is 5.32 Å². The van der Waals surface area contributed by atoms with E-state index in [1.807, 2.05) is 60.7 Å². The quantitative estimate of drug-likeness (QED) is 0.305. The van der Waals surface area contributed by atoms with Gasteiger partial charge in [0.2, 0.25) is 5.91 Å². The lowest BCUT2D eigenvalue weighted by atomic mass is 10.1. The van der Waals surface area contributed by atoms with Crippen molar-refractivity contribution in [3.05, 3.63) is 76.6 Å². The Hall–Kier alpha value is -3.12. The molecule has 0 unspecified atom stereocenters. The van der Waals surface area contributed by atoms with Crippen LogP contribution in [0.1, 0.15) is 12.5 Å². The van der Waals surface area contributed by atoms with Gasteiger partial charge >= 0.3 is 0 Å². The molecule has 0 aliphatic rings. The molecule has 4 rings (SSSR count). The van der Waals surface area contributed by atoms with Crippen LogP contribution < -0.4 is 10.9 Å². The van der Waals surface area contributed by atoms with Gasteiger partial charge in [0.1, 0.15) is 0 Å². The zero-order valence-corrected chi connectivity index (χ0v) is 17.1. The van der Waals surface area contributed by atoms with E-state index >= 15 is 0 Å². The summed E-state index contributed by atoms with van der Waals surface area (Å²) in [4.78, 5) is 29.8. The SMILES string of the molecule is CCc1cccc(NC(=O)CSc2nc3cc4ccccc4cc3c(=O)n2C)c1. The summed E-state index contributed by atoms with van der Waals surface area (Å²) in [5, 5.41) is 6.05. The minimum Gasteiger partial charge on any atom is -0.325 e. The van der Waals surface area contributed by atoms with Crippen LogP contribution >= 0.6 is 11.8 Å². The van der Waals surface area contributed by atoms with E-state index in [0.717, 1.165) is 22.9 Å². The Bertz CT molecular complexity index is 1280. The number of carbonyl (C=O) groups excluding carboxylic acids is 1. The molecule has 0 fully saturated rings. The van der Waals surface area contributed by atoms with E-state index in [1.54, 1.807) is 7.05 Å². The molecule has 1 N–H and O–H groups in total. The van der Waals surface area contributed by atoms with Crippen LogP contribution in [0.25, 0.3) is 21.7 Å². The first-order chi connectivity index (χ1) is 14.0. The Morgan fingerprint density at radius 2 is 1.83 bits per heavy atom. The van der Waals surface area contributed by atoms with Crippen molar-refractivity contribution >= 4 is 45.0 Å². The number of benzene rings is 3. The predicted molar refractivity (Wildman–Crippen MR) is 120 cm³/mol. The van der Waals surface area contributed by atoms with Gasteiger partial charge in [-0.1, -0.05) is 55.1 Å². The summed E-state index contributed by atoms with van der Waals surface area (Å²) in [6.07, 6.45) is 0.913. The van der Waals surface area contributed by atoms with Gasteiger partial charge in [0.15, 0.2) is 5.16 Å². The maximum Gasteiger partial charge on any atom is 0.261 e. The van der Waals surface area contributed by atoms with Crippen molar-refractivity contribution in [3.63, 3.8) is 0 Å². The van der Waals surface area contributed by atoms with E-state index in [1.165, 1.54) is 21.9 Å². The average molecular weight is 404 g/mol. The zero-order chi connectivity index (χ0) is 20.4. The number of fused-ring (bicyclic) bond motifs is 2. The first-order valence-electron chi connectivity index (χ1n) is 9.46. The van der Waals surface area contributed by atoms with Crippen LogP contribution in [0.5, 0.6) is 0 Å². The molecular formula is C23H21N3O2S. The fourth-order valence-corrected chi connectivity index (χ4v) is 4.03. The fourth-order valence-electron chi connectivity index (χ4n) is 3.26. The van der Waals surface area contributed by atoms with E-state index in [0.29, 0.717) is 16.1 Å². The van der Waals surface area contributed by atoms with E-state index in [-0.39, 0.29) is 17.2 Å². The van der Waals surface area contributed by atoms with Crippen LogP contribution in [-0.2, 0) is 18.3 Å². The molecule has 0 atom stereocenters. The van der Waals surface area contributed by atoms with Crippen molar-refractivity contribution in [2.24, 2.45) is 7.05 Å². The number of amides is 1. The second-order valence-corrected chi connectivity index (χ2v) is 7.81. The Morgan fingerprint density at radius 3 is 2.59 bits per heavy atom. The molecule has 1 aromatic heterocycles. The lowest BCUT2D eigenvalue weighted by Crippen LogP contribution is -2.21. The average Bonchev–Trinajstić information content (AvgIpc) is 2.74. The minimum absolute atomic E-state index is 0.112. The number of rotatable bonds is 5. The van der Waals surface area contributed by atoms with E-state index in [9.17, 15) is 9.59 Å². The third kappa shape index (κ3) is 4.03. The lowest BCUT2D eigenvalue weighted by molar-refractivity contribution is -0.113. The maximum atomic E-state index is 12.8. The molecule has 0 saturated carbocycles. The smallest absolute Gasteiger partial charge is 0.261 e. The highest BCUT2D eigenvalue weighted by atomic mass is 32.2. The van der Waals surface area contributed by atoms with Crippen molar-refractivity contribution in [1.29, 1.82) is 0 Å². The second-order valence-electron chi connectivity index (χ2n) is 6.87. The number of hydrogen-bond donors (Lipinski definition) is 1. The number of hydrogen-bond acceptors (Lipinski definition) is 4. The largest absolute Gasteiger partial charge is 0.325 e. The van der Waals surface area contributed by atoms with Crippen LogP contribution in [0.2, 0.25) is 0 Å². The van der Waals surface area contributed by atoms with Gasteiger partial charge in [-0.2, -0.15) is 0 Å². The van der Waals surface area contributed by atoms with Crippen molar-refractivity contribution in [2.45, 2.75) is 18.5 Å². The van der Waals surface area contributed by atoms with Gasteiger partial charge in [0, 0.05) is 12.7 Å². The number of thioether (sulfide) groups is 1. The third-order valence-corrected chi connectivity index (χ3v) is 5.88. The molecule has 146 valence electrons. The first-order valence-corrected chi connectivity index (χ1v) is 10.4. The Morgan fingerprint density at radius 1 is 1.07 bits per heavy atom. The molecule has 0 aliphatic heterocycles. The highest BCUT2D eigenvalue weighted by Crippen LogP contribution is 2.22. The van der Waals surface area contributed by atoms with Crippen molar-refractivity contribution < 1.29 is 4.79 Å². The molecule has 3 aromatic carbocycles. The number of nitrogens with zero attached hydrogens (tertiary/aromatic N) is 2. The molecule has 5 nitrogen and oxygen atoms in total. The number of anilines is 1. The monoisotopic (exact) mass is 403 g/mol. The number of aryl methyl sites for hydroxylation is 1. The van der Waals surface area contributed by atoms with Crippen LogP contribution in [-0.4, -0.2) is 21.2 Å². The first kappa shape index (κ1) is 19.2. The summed E-state index contributed by atoms with van der Waals surface area (Å²) in [6, 6.07) is 19.5. The van der Waals surface area contributed by atoms with Crippen LogP contribution in [0, 0.1) is 0 Å². The molecule has 1 amide bonds. The summed E-state index contributed by atoms with van der Waals surface area (Å²) >= 11 is 1.26. The van der Waals surface area contributed by atoms with Crippen molar-refractivity contribution in [1.82, 2.24) is 9.55 Å². The van der Waals surface area contributed by atoms with Gasteiger partial charge in [0.25, 0.3) is 5.56 Å². The van der Waals surface area contributed by atoms with Gasteiger partial charge in [-0.25, -0.2) is 4.98 Å². The minimum atomic E-state index is -0.129. The number of nitrogens with one attached hydrogen (secondary N) is 1. The zero-order valence-electron chi connectivity index (χ0n) is 16.3. The topological polar surface area (TPSA) is 64.0 Å². The molecule has 29 heavy (non-hydrogen) atoms. The highest BCUT2D eigenvalue weighted by Gasteiger charge is 2.12. The molecule has 4 aromatic rings. The third-order valence-electron chi connectivity index (χ3n) is 4.85. The standard InChI is InChI=1S/C23H21N3O2S/c1-3-15-7-6-10-18(11-15)24-21(27)14-29-23-25-20-13-17-9-5-4-8-16(17)12-19(20)22(28)26(23)2/h4-13H,3,14H2,1-2H3,(H,24,27). The lowest BCUT2D eigenvalue weighted by Gasteiger charge is -2.10. The molecule has 0 aliphatic carbocycles. The van der Waals surface area contributed by atoms with Crippen LogP contribution in [0.3, 0.4) is 0 Å². The predicted octanol–water partition coefficient (Wildman–Crippen LogP) is 4.38. The van der Waals surface area contributed by atoms with Gasteiger partial charge in [-0.3, -0.25) is 14.2 Å². The summed E-state index contributed by atoms with van der Waals surface area (Å²) in [5.41, 5.74) is 2.48. The van der Waals surface area contributed by atoms with Gasteiger partial charge in [-0.05, 0) is 47.0 Å². The molecular weight excluding hydrogens is 382 g/mol. The fraction of sp³-hybridized carbons (Fsp3) is 0.174. The molecule has 0 spiro atoms. The normalized spacial score (nSPS) is 11.1. The maximum absolute atomic E-state index is 12.8. The number of aromatic nitrogens is 2. The van der Waals surface area contributed by atoms with E-state index in [2.05, 4.69) is 17.2 Å². The van der Waals surface area contributed by atoms with Gasteiger partial charge in [-0.15, -0.1) is 0 Å². The Balaban J connectivity index is 1.57. The number of carbonyl (C=O) groups is 1. The van der Waals surface area contributed by atoms with Crippen molar-refractivity contribution in [3.8, 4) is 0 Å². The Labute approximate surface area is 172 Å². The molecule has 0 saturated heterocycles. The molecule has 6 heteroatoms. The summed E-state index contributed by atoms with van der Waals surface area (Å²) < 4.78 is 1.51. The summed E-state index contributed by atoms with van der Waals surface area (Å²) in [6.45, 7) is 2.08. The molecule has 0 radical (unpaired) electrons. The van der Waals surface area contributed by atoms with E-state index < -0.39 is 0 Å². The van der Waals surface area contributed by atoms with Crippen molar-refractivity contribution in [2.75, 3.05) is 11.1 Å². The Kier molecular flexibility index (Phi) is 5.36. The molecule has 1 heterocycles. The summed E-state index contributed by atoms with van der Waals surface area (Å²) in [7, 11) is 1.69. The molecule has 0 bridgehead atoms. The second kappa shape index (κ2) is 8.09. The highest BCUT2D eigenvalue weighted by molar-refractivity contribution is 7.99. The summed E-state index contributed by atoms with van der Waals surface area (Å²) in [5.74, 6) is 0.0477.